The van der Waals surface area contributed by atoms with Crippen molar-refractivity contribution < 1.29 is 32.6 Å². The fourth-order valence-electron chi connectivity index (χ4n) is 5.10. The van der Waals surface area contributed by atoms with Crippen molar-refractivity contribution in [2.75, 3.05) is 13.2 Å². The van der Waals surface area contributed by atoms with Crippen molar-refractivity contribution in [3.05, 3.63) is 107 Å². The summed E-state index contributed by atoms with van der Waals surface area (Å²) in [7, 11) is 0. The van der Waals surface area contributed by atoms with Crippen molar-refractivity contribution in [2.24, 2.45) is 0 Å². The zero-order valence-corrected chi connectivity index (χ0v) is 25.8. The minimum Gasteiger partial charge on any atom is -0.493 e. The molecule has 0 aliphatic heterocycles. The van der Waals surface area contributed by atoms with Gasteiger partial charge in [0.2, 0.25) is 0 Å². The molecular formula is C35H31ClF3N3O4. The molecule has 1 aromatic heterocycles. The molecule has 0 aliphatic rings. The molecule has 46 heavy (non-hydrogen) atoms. The molecule has 0 fully saturated rings. The van der Waals surface area contributed by atoms with E-state index in [0.29, 0.717) is 40.8 Å². The minimum absolute atomic E-state index is 0.00318. The molecule has 11 heteroatoms. The lowest BCUT2D eigenvalue weighted by molar-refractivity contribution is -0.138. The second-order valence-corrected chi connectivity index (χ2v) is 11.3. The molecule has 0 saturated heterocycles. The monoisotopic (exact) mass is 649 g/mol. The summed E-state index contributed by atoms with van der Waals surface area (Å²) in [6, 6.07) is 22.9. The molecule has 5 aromatic rings. The second kappa shape index (κ2) is 13.7. The maximum Gasteiger partial charge on any atom is 0.416 e. The van der Waals surface area contributed by atoms with Crippen LogP contribution in [0.5, 0.6) is 5.75 Å². The number of carboxylic acids is 1. The number of nitrogens with one attached hydrogen (secondary N) is 1. The van der Waals surface area contributed by atoms with Crippen molar-refractivity contribution in [1.82, 2.24) is 15.1 Å². The average Bonchev–Trinajstić information content (AvgIpc) is 3.48. The normalized spacial score (nSPS) is 12.2. The fraction of sp³-hybridized carbons (Fsp3) is 0.229. The van der Waals surface area contributed by atoms with Crippen LogP contribution in [-0.4, -0.2) is 39.9 Å². The molecule has 0 bridgehead atoms. The number of fused-ring (bicyclic) bond motifs is 1. The fourth-order valence-corrected chi connectivity index (χ4v) is 5.28. The molecule has 238 valence electrons. The van der Waals surface area contributed by atoms with Crippen LogP contribution >= 0.6 is 11.6 Å². The Labute approximate surface area is 268 Å². The number of nitrogens with zero attached hydrogens (tertiary/aromatic N) is 2. The van der Waals surface area contributed by atoms with Crippen LogP contribution in [0.3, 0.4) is 0 Å². The van der Waals surface area contributed by atoms with Crippen molar-refractivity contribution in [1.29, 1.82) is 0 Å². The highest BCUT2D eigenvalue weighted by molar-refractivity contribution is 6.31. The van der Waals surface area contributed by atoms with Gasteiger partial charge < -0.3 is 15.2 Å². The Morgan fingerprint density at radius 3 is 2.39 bits per heavy atom. The second-order valence-electron chi connectivity index (χ2n) is 10.8. The average molecular weight is 650 g/mol. The molecule has 1 amide bonds. The van der Waals surface area contributed by atoms with Gasteiger partial charge in [0.1, 0.15) is 5.75 Å². The van der Waals surface area contributed by atoms with E-state index in [4.69, 9.17) is 26.5 Å². The Bertz CT molecular complexity index is 1890. The quantitative estimate of drug-likeness (QED) is 0.149. The molecular weight excluding hydrogens is 619 g/mol. The summed E-state index contributed by atoms with van der Waals surface area (Å²) in [4.78, 5) is 23.3. The third kappa shape index (κ3) is 7.34. The van der Waals surface area contributed by atoms with Crippen LogP contribution in [0.2, 0.25) is 5.02 Å². The van der Waals surface area contributed by atoms with Gasteiger partial charge in [-0.25, -0.2) is 0 Å². The number of benzene rings is 4. The molecule has 0 saturated carbocycles. The lowest BCUT2D eigenvalue weighted by Crippen LogP contribution is -2.26. The molecule has 0 aliphatic carbocycles. The SMILES string of the molecule is CCCOc1ccc(C(F)(F)F)cc1-c1cc(-c2ccc3cc(Cl)ccc3c2)n([C@@H](C)c2ccc(C(=O)NCCC(=O)O)cc2)n1. The number of carbonyl (C=O) groups excluding carboxylic acids is 1. The third-order valence-corrected chi connectivity index (χ3v) is 7.76. The van der Waals surface area contributed by atoms with Gasteiger partial charge >= 0.3 is 12.1 Å². The van der Waals surface area contributed by atoms with E-state index < -0.39 is 29.7 Å². The Morgan fingerprint density at radius 2 is 1.70 bits per heavy atom. The highest BCUT2D eigenvalue weighted by Crippen LogP contribution is 2.39. The van der Waals surface area contributed by atoms with E-state index in [-0.39, 0.29) is 18.5 Å². The number of halogens is 4. The number of rotatable bonds is 11. The number of aromatic nitrogens is 2. The van der Waals surface area contributed by atoms with E-state index in [1.54, 1.807) is 41.1 Å². The zero-order valence-electron chi connectivity index (χ0n) is 25.1. The van der Waals surface area contributed by atoms with Gasteiger partial charge in [-0.1, -0.05) is 48.9 Å². The lowest BCUT2D eigenvalue weighted by Gasteiger charge is -2.17. The standard InChI is InChI=1S/C35H31ClF3N3O4/c1-3-16-46-32-13-11-27(35(37,38)39)19-29(32)30-20-31(26-9-8-25-18-28(36)12-10-24(25)17-26)42(41-30)21(2)22-4-6-23(7-5-22)34(45)40-15-14-33(43)44/h4-13,17-21H,3,14-16H2,1-2H3,(H,40,45)(H,43,44)/t21-/m0/s1. The Hall–Kier alpha value is -4.83. The predicted molar refractivity (Wildman–Crippen MR) is 171 cm³/mol. The van der Waals surface area contributed by atoms with Gasteiger partial charge in [-0.15, -0.1) is 0 Å². The summed E-state index contributed by atoms with van der Waals surface area (Å²) in [5.74, 6) is -1.11. The molecule has 0 radical (unpaired) electrons. The summed E-state index contributed by atoms with van der Waals surface area (Å²) in [5.41, 5.74) is 2.32. The van der Waals surface area contributed by atoms with Crippen LogP contribution in [0.4, 0.5) is 13.2 Å². The van der Waals surface area contributed by atoms with E-state index >= 15 is 0 Å². The number of alkyl halides is 3. The van der Waals surface area contributed by atoms with Gasteiger partial charge in [-0.3, -0.25) is 14.3 Å². The van der Waals surface area contributed by atoms with E-state index in [1.165, 1.54) is 6.07 Å². The first-order valence-corrected chi connectivity index (χ1v) is 15.1. The Morgan fingerprint density at radius 1 is 0.978 bits per heavy atom. The molecule has 0 unspecified atom stereocenters. The predicted octanol–water partition coefficient (Wildman–Crippen LogP) is 8.65. The molecule has 1 atom stereocenters. The molecule has 5 rings (SSSR count). The first kappa shape index (κ1) is 32.6. The summed E-state index contributed by atoms with van der Waals surface area (Å²) in [6.07, 6.45) is -4.08. The van der Waals surface area contributed by atoms with Crippen LogP contribution in [0.15, 0.2) is 84.9 Å². The van der Waals surface area contributed by atoms with E-state index in [2.05, 4.69) is 5.32 Å². The van der Waals surface area contributed by atoms with Gasteiger partial charge in [0.25, 0.3) is 5.91 Å². The Kier molecular flexibility index (Phi) is 9.67. The summed E-state index contributed by atoms with van der Waals surface area (Å²) in [5, 5.41) is 18.7. The van der Waals surface area contributed by atoms with Crippen LogP contribution in [0, 0.1) is 0 Å². The van der Waals surface area contributed by atoms with Crippen LogP contribution < -0.4 is 10.1 Å². The summed E-state index contributed by atoms with van der Waals surface area (Å²) >= 11 is 6.19. The number of hydrogen-bond donors (Lipinski definition) is 2. The maximum atomic E-state index is 13.8. The molecule has 4 aromatic carbocycles. The number of aliphatic carboxylic acids is 1. The summed E-state index contributed by atoms with van der Waals surface area (Å²) in [6.45, 7) is 4.15. The van der Waals surface area contributed by atoms with Gasteiger partial charge in [-0.05, 0) is 84.3 Å². The highest BCUT2D eigenvalue weighted by atomic mass is 35.5. The van der Waals surface area contributed by atoms with Crippen molar-refractivity contribution in [3.63, 3.8) is 0 Å². The van der Waals surface area contributed by atoms with E-state index in [1.807, 2.05) is 44.2 Å². The first-order valence-electron chi connectivity index (χ1n) is 14.7. The van der Waals surface area contributed by atoms with Crippen molar-refractivity contribution in [3.8, 4) is 28.3 Å². The van der Waals surface area contributed by atoms with Gasteiger partial charge in [0, 0.05) is 28.3 Å². The molecule has 0 spiro atoms. The van der Waals surface area contributed by atoms with Crippen LogP contribution in [0.1, 0.15) is 54.2 Å². The first-order chi connectivity index (χ1) is 21.9. The topological polar surface area (TPSA) is 93.5 Å². The van der Waals surface area contributed by atoms with Crippen LogP contribution in [-0.2, 0) is 11.0 Å². The zero-order chi connectivity index (χ0) is 33.0. The number of ether oxygens (including phenoxy) is 1. The number of carbonyl (C=O) groups is 2. The Balaban J connectivity index is 1.59. The molecule has 2 N–H and O–H groups in total. The minimum atomic E-state index is -4.56. The third-order valence-electron chi connectivity index (χ3n) is 7.52. The van der Waals surface area contributed by atoms with Crippen LogP contribution in [0.25, 0.3) is 33.3 Å². The van der Waals surface area contributed by atoms with E-state index in [0.717, 1.165) is 34.0 Å². The summed E-state index contributed by atoms with van der Waals surface area (Å²) < 4.78 is 49.0. The lowest BCUT2D eigenvalue weighted by atomic mass is 10.0. The number of carboxylic acid groups (broad SMARTS) is 1. The maximum absolute atomic E-state index is 13.8. The number of hydrogen-bond acceptors (Lipinski definition) is 4. The van der Waals surface area contributed by atoms with E-state index in [9.17, 15) is 22.8 Å². The van der Waals surface area contributed by atoms with Gasteiger partial charge in [-0.2, -0.15) is 18.3 Å². The van der Waals surface area contributed by atoms with Crippen molar-refractivity contribution in [2.45, 2.75) is 38.9 Å². The smallest absolute Gasteiger partial charge is 0.416 e. The largest absolute Gasteiger partial charge is 0.493 e. The van der Waals surface area contributed by atoms with Gasteiger partial charge in [0.05, 0.1) is 36.0 Å². The molecule has 1 heterocycles. The molecule has 7 nitrogen and oxygen atoms in total. The van der Waals surface area contributed by atoms with Crippen molar-refractivity contribution >= 4 is 34.2 Å². The van der Waals surface area contributed by atoms with Gasteiger partial charge in [0.15, 0.2) is 0 Å². The highest BCUT2D eigenvalue weighted by Gasteiger charge is 2.32. The number of amides is 1.